The second-order valence-corrected chi connectivity index (χ2v) is 4.19. The third kappa shape index (κ3) is 3.32. The van der Waals surface area contributed by atoms with Gasteiger partial charge in [0.2, 0.25) is 5.95 Å². The monoisotopic (exact) mass is 193 g/mol. The summed E-state index contributed by atoms with van der Waals surface area (Å²) >= 11 is 0. The molecule has 1 aromatic heterocycles. The predicted molar refractivity (Wildman–Crippen MR) is 59.3 cm³/mol. The third-order valence-electron chi connectivity index (χ3n) is 2.50. The highest BCUT2D eigenvalue weighted by Gasteiger charge is 2.06. The molecule has 1 rings (SSSR count). The molecular formula is C11H19N3. The first-order chi connectivity index (χ1) is 6.59. The second-order valence-electron chi connectivity index (χ2n) is 4.19. The van der Waals surface area contributed by atoms with Crippen molar-refractivity contribution >= 4 is 5.95 Å². The van der Waals surface area contributed by atoms with Crippen LogP contribution in [-0.2, 0) is 0 Å². The van der Waals surface area contributed by atoms with E-state index < -0.39 is 0 Å². The molecule has 0 aliphatic rings. The first kappa shape index (κ1) is 11.0. The highest BCUT2D eigenvalue weighted by molar-refractivity contribution is 5.24. The summed E-state index contributed by atoms with van der Waals surface area (Å²) in [5, 5.41) is 3.23. The van der Waals surface area contributed by atoms with E-state index in [2.05, 4.69) is 36.1 Å². The van der Waals surface area contributed by atoms with Gasteiger partial charge < -0.3 is 5.32 Å². The van der Waals surface area contributed by atoms with Crippen molar-refractivity contribution in [2.24, 2.45) is 11.8 Å². The maximum absolute atomic E-state index is 4.19. The van der Waals surface area contributed by atoms with E-state index in [4.69, 9.17) is 0 Å². The van der Waals surface area contributed by atoms with Crippen molar-refractivity contribution < 1.29 is 0 Å². The molecule has 0 bridgehead atoms. The Balaban J connectivity index is 2.42. The standard InChI is InChI=1S/C11H19N3/c1-8(2)10(4)7-14-11-12-5-9(3)6-13-11/h5-6,8,10H,7H2,1-4H3,(H,12,13,14). The molecule has 0 amide bonds. The number of rotatable bonds is 4. The van der Waals surface area contributed by atoms with Gasteiger partial charge >= 0.3 is 0 Å². The first-order valence-corrected chi connectivity index (χ1v) is 5.12. The summed E-state index contributed by atoms with van der Waals surface area (Å²) in [7, 11) is 0. The third-order valence-corrected chi connectivity index (χ3v) is 2.50. The molecule has 1 N–H and O–H groups in total. The smallest absolute Gasteiger partial charge is 0.222 e. The van der Waals surface area contributed by atoms with E-state index in [-0.39, 0.29) is 0 Å². The van der Waals surface area contributed by atoms with Crippen LogP contribution in [-0.4, -0.2) is 16.5 Å². The Morgan fingerprint density at radius 1 is 1.21 bits per heavy atom. The molecule has 78 valence electrons. The van der Waals surface area contributed by atoms with Gasteiger partial charge in [-0.25, -0.2) is 9.97 Å². The van der Waals surface area contributed by atoms with Crippen LogP contribution in [0, 0.1) is 18.8 Å². The first-order valence-electron chi connectivity index (χ1n) is 5.12. The van der Waals surface area contributed by atoms with Gasteiger partial charge in [-0.05, 0) is 24.3 Å². The summed E-state index contributed by atoms with van der Waals surface area (Å²) in [5.41, 5.74) is 1.09. The topological polar surface area (TPSA) is 37.8 Å². The molecule has 0 aliphatic heterocycles. The molecule has 3 nitrogen and oxygen atoms in total. The summed E-state index contributed by atoms with van der Waals surface area (Å²) < 4.78 is 0. The maximum atomic E-state index is 4.19. The summed E-state index contributed by atoms with van der Waals surface area (Å²) in [4.78, 5) is 8.37. The Kier molecular flexibility index (Phi) is 3.86. The number of anilines is 1. The van der Waals surface area contributed by atoms with Crippen molar-refractivity contribution in [2.45, 2.75) is 27.7 Å². The lowest BCUT2D eigenvalue weighted by Crippen LogP contribution is -2.17. The predicted octanol–water partition coefficient (Wildman–Crippen LogP) is 2.49. The van der Waals surface area contributed by atoms with Crippen LogP contribution in [0.15, 0.2) is 12.4 Å². The van der Waals surface area contributed by atoms with Crippen molar-refractivity contribution in [3.05, 3.63) is 18.0 Å². The number of nitrogens with zero attached hydrogens (tertiary/aromatic N) is 2. The van der Waals surface area contributed by atoms with Crippen molar-refractivity contribution in [3.63, 3.8) is 0 Å². The summed E-state index contributed by atoms with van der Waals surface area (Å²) in [6.45, 7) is 9.60. The molecule has 3 heteroatoms. The van der Waals surface area contributed by atoms with Gasteiger partial charge in [-0.2, -0.15) is 0 Å². The number of nitrogens with one attached hydrogen (secondary N) is 1. The van der Waals surface area contributed by atoms with E-state index in [0.29, 0.717) is 11.8 Å². The molecule has 1 heterocycles. The maximum Gasteiger partial charge on any atom is 0.222 e. The fourth-order valence-corrected chi connectivity index (χ4v) is 0.972. The molecular weight excluding hydrogens is 174 g/mol. The number of hydrogen-bond donors (Lipinski definition) is 1. The van der Waals surface area contributed by atoms with E-state index in [1.54, 1.807) is 0 Å². The Hall–Kier alpha value is -1.12. The SMILES string of the molecule is Cc1cnc(NCC(C)C(C)C)nc1. The molecule has 1 aromatic rings. The number of aryl methyl sites for hydroxylation is 1. The summed E-state index contributed by atoms with van der Waals surface area (Å²) in [5.74, 6) is 2.05. The van der Waals surface area contributed by atoms with E-state index >= 15 is 0 Å². The summed E-state index contributed by atoms with van der Waals surface area (Å²) in [6, 6.07) is 0. The molecule has 0 saturated heterocycles. The van der Waals surface area contributed by atoms with Crippen LogP contribution >= 0.6 is 0 Å². The minimum atomic E-state index is 0.639. The van der Waals surface area contributed by atoms with Crippen LogP contribution in [0.25, 0.3) is 0 Å². The zero-order valence-corrected chi connectivity index (χ0v) is 9.41. The van der Waals surface area contributed by atoms with E-state index in [1.165, 1.54) is 0 Å². The normalized spacial score (nSPS) is 12.9. The van der Waals surface area contributed by atoms with E-state index in [0.717, 1.165) is 18.1 Å². The van der Waals surface area contributed by atoms with Crippen LogP contribution < -0.4 is 5.32 Å². The van der Waals surface area contributed by atoms with Crippen molar-refractivity contribution in [2.75, 3.05) is 11.9 Å². The van der Waals surface area contributed by atoms with Gasteiger partial charge in [0, 0.05) is 18.9 Å². The Morgan fingerprint density at radius 3 is 2.29 bits per heavy atom. The number of aromatic nitrogens is 2. The van der Waals surface area contributed by atoms with Crippen LogP contribution in [0.2, 0.25) is 0 Å². The van der Waals surface area contributed by atoms with Gasteiger partial charge in [-0.15, -0.1) is 0 Å². The van der Waals surface area contributed by atoms with Crippen molar-refractivity contribution in [1.82, 2.24) is 9.97 Å². The van der Waals surface area contributed by atoms with Gasteiger partial charge in [-0.1, -0.05) is 20.8 Å². The molecule has 0 spiro atoms. The van der Waals surface area contributed by atoms with Crippen molar-refractivity contribution in [1.29, 1.82) is 0 Å². The lowest BCUT2D eigenvalue weighted by atomic mass is 9.98. The quantitative estimate of drug-likeness (QED) is 0.798. The summed E-state index contributed by atoms with van der Waals surface area (Å²) in [6.07, 6.45) is 3.66. The van der Waals surface area contributed by atoms with Gasteiger partial charge in [0.15, 0.2) is 0 Å². The van der Waals surface area contributed by atoms with Gasteiger partial charge in [0.25, 0.3) is 0 Å². The molecule has 14 heavy (non-hydrogen) atoms. The highest BCUT2D eigenvalue weighted by atomic mass is 15.1. The van der Waals surface area contributed by atoms with Crippen LogP contribution in [0.4, 0.5) is 5.95 Å². The Morgan fingerprint density at radius 2 is 1.79 bits per heavy atom. The second kappa shape index (κ2) is 4.94. The molecule has 0 aliphatic carbocycles. The van der Waals surface area contributed by atoms with Crippen LogP contribution in [0.5, 0.6) is 0 Å². The van der Waals surface area contributed by atoms with Gasteiger partial charge in [0.05, 0.1) is 0 Å². The van der Waals surface area contributed by atoms with Gasteiger partial charge in [0.1, 0.15) is 0 Å². The number of hydrogen-bond acceptors (Lipinski definition) is 3. The van der Waals surface area contributed by atoms with Crippen LogP contribution in [0.3, 0.4) is 0 Å². The van der Waals surface area contributed by atoms with Crippen molar-refractivity contribution in [3.8, 4) is 0 Å². The molecule has 0 radical (unpaired) electrons. The highest BCUT2D eigenvalue weighted by Crippen LogP contribution is 2.09. The molecule has 0 saturated carbocycles. The van der Waals surface area contributed by atoms with Crippen LogP contribution in [0.1, 0.15) is 26.3 Å². The molecule has 0 aromatic carbocycles. The molecule has 1 unspecified atom stereocenters. The average molecular weight is 193 g/mol. The van der Waals surface area contributed by atoms with Gasteiger partial charge in [-0.3, -0.25) is 0 Å². The fraction of sp³-hybridized carbons (Fsp3) is 0.636. The largest absolute Gasteiger partial charge is 0.354 e. The molecule has 0 fully saturated rings. The zero-order valence-electron chi connectivity index (χ0n) is 9.41. The fourth-order valence-electron chi connectivity index (χ4n) is 0.972. The minimum Gasteiger partial charge on any atom is -0.354 e. The Bertz CT molecular complexity index is 266. The zero-order chi connectivity index (χ0) is 10.6. The lowest BCUT2D eigenvalue weighted by molar-refractivity contribution is 0.439. The lowest BCUT2D eigenvalue weighted by Gasteiger charge is -2.15. The minimum absolute atomic E-state index is 0.639. The average Bonchev–Trinajstić information content (AvgIpc) is 2.16. The van der Waals surface area contributed by atoms with E-state index in [1.807, 2.05) is 19.3 Å². The van der Waals surface area contributed by atoms with E-state index in [9.17, 15) is 0 Å². The molecule has 1 atom stereocenters. The Labute approximate surface area is 86.0 Å².